The van der Waals surface area contributed by atoms with Crippen molar-refractivity contribution in [3.63, 3.8) is 0 Å². The zero-order valence-corrected chi connectivity index (χ0v) is 10.2. The van der Waals surface area contributed by atoms with E-state index in [1.165, 1.54) is 19.3 Å². The van der Waals surface area contributed by atoms with Crippen molar-refractivity contribution in [2.75, 3.05) is 7.11 Å². The Bertz CT molecular complexity index is 374. The Morgan fingerprint density at radius 3 is 2.67 bits per heavy atom. The van der Waals surface area contributed by atoms with Gasteiger partial charge in [-0.05, 0) is 23.8 Å². The quantitative estimate of drug-likeness (QED) is 0.625. The van der Waals surface area contributed by atoms with Gasteiger partial charge >= 0.3 is 23.0 Å². The summed E-state index contributed by atoms with van der Waals surface area (Å²) in [5.41, 5.74) is 0.655. The molecule has 0 aromatic heterocycles. The monoisotopic (exact) mass is 276 g/mol. The van der Waals surface area contributed by atoms with E-state index in [1.807, 2.05) is 0 Å². The molecule has 0 aliphatic carbocycles. The average Bonchev–Trinajstić information content (AvgIpc) is 2.16. The molecule has 5 heteroatoms. The van der Waals surface area contributed by atoms with Gasteiger partial charge in [0, 0.05) is 6.08 Å². The number of hydrogen-bond acceptors (Lipinski definition) is 3. The van der Waals surface area contributed by atoms with Gasteiger partial charge in [0.25, 0.3) is 0 Å². The van der Waals surface area contributed by atoms with Gasteiger partial charge in [-0.2, -0.15) is 0 Å². The van der Waals surface area contributed by atoms with Gasteiger partial charge in [0.15, 0.2) is 11.5 Å². The number of carboxylic acid groups (broad SMARTS) is 1. The van der Waals surface area contributed by atoms with E-state index in [1.54, 1.807) is 12.1 Å². The molecule has 0 aliphatic heterocycles. The third-order valence-corrected chi connectivity index (χ3v) is 1.62. The summed E-state index contributed by atoms with van der Waals surface area (Å²) >= 11 is 0. The van der Waals surface area contributed by atoms with Gasteiger partial charge in [-0.1, -0.05) is 6.07 Å². The molecule has 0 radical (unpaired) electrons. The second kappa shape index (κ2) is 6.11. The van der Waals surface area contributed by atoms with Crippen LogP contribution in [0.3, 0.4) is 0 Å². The molecule has 4 nitrogen and oxygen atoms in total. The summed E-state index contributed by atoms with van der Waals surface area (Å²) in [5.74, 6) is -0.672. The molecule has 2 N–H and O–H groups in total. The molecule has 0 fully saturated rings. The summed E-state index contributed by atoms with van der Waals surface area (Å²) in [5, 5.41) is 17.6. The van der Waals surface area contributed by atoms with Crippen LogP contribution >= 0.6 is 0 Å². The van der Waals surface area contributed by atoms with Crippen LogP contribution in [0.1, 0.15) is 5.56 Å². The molecule has 82 valence electrons. The zero-order valence-electron chi connectivity index (χ0n) is 8.10. The molecular weight excluding hydrogens is 263 g/mol. The molecule has 1 aromatic carbocycles. The van der Waals surface area contributed by atoms with Crippen LogP contribution < -0.4 is 4.74 Å². The number of carboxylic acids is 1. The number of ether oxygens (including phenoxy) is 1. The maximum absolute atomic E-state index is 10.2. The molecule has 0 heterocycles. The molecule has 1 rings (SSSR count). The molecule has 0 aliphatic rings. The number of rotatable bonds is 3. The minimum absolute atomic E-state index is 0. The molecule has 0 unspecified atom stereocenters. The van der Waals surface area contributed by atoms with Gasteiger partial charge < -0.3 is 14.9 Å². The maximum atomic E-state index is 10.2. The normalized spacial score (nSPS) is 9.67. The van der Waals surface area contributed by atoms with Gasteiger partial charge in [-0.25, -0.2) is 4.79 Å². The standard InChI is InChI=1S/C10H10O4.H2Se/c1-14-9-6-7(2-4-8(9)11)3-5-10(12)13;/h2-6,11H,1H3,(H,12,13);1H2. The number of aliphatic carboxylic acids is 1. The molecule has 0 spiro atoms. The number of methoxy groups -OCH3 is 1. The van der Waals surface area contributed by atoms with Crippen molar-refractivity contribution >= 4 is 29.1 Å². The van der Waals surface area contributed by atoms with E-state index in [2.05, 4.69) is 0 Å². The summed E-state index contributed by atoms with van der Waals surface area (Å²) in [6.45, 7) is 0. The molecule has 0 amide bonds. The van der Waals surface area contributed by atoms with Crippen LogP contribution in [0.4, 0.5) is 0 Å². The number of hydrogen-bond donors (Lipinski definition) is 2. The van der Waals surface area contributed by atoms with E-state index >= 15 is 0 Å². The van der Waals surface area contributed by atoms with Crippen LogP contribution in [0.2, 0.25) is 0 Å². The fraction of sp³-hybridized carbons (Fsp3) is 0.100. The fourth-order valence-corrected chi connectivity index (χ4v) is 0.965. The molecule has 1 aromatic rings. The van der Waals surface area contributed by atoms with E-state index in [-0.39, 0.29) is 22.8 Å². The Morgan fingerprint density at radius 1 is 1.47 bits per heavy atom. The van der Waals surface area contributed by atoms with Gasteiger partial charge in [-0.3, -0.25) is 0 Å². The first kappa shape index (κ1) is 13.5. The molecule has 0 atom stereocenters. The van der Waals surface area contributed by atoms with Crippen molar-refractivity contribution in [1.29, 1.82) is 0 Å². The Labute approximate surface area is 97.7 Å². The SMILES string of the molecule is COc1cc(C=CC(=O)O)ccc1O.[SeH2]. The first-order chi connectivity index (χ1) is 6.63. The fourth-order valence-electron chi connectivity index (χ4n) is 0.965. The van der Waals surface area contributed by atoms with Crippen LogP contribution in [0.5, 0.6) is 11.5 Å². The Morgan fingerprint density at radius 2 is 2.13 bits per heavy atom. The van der Waals surface area contributed by atoms with E-state index in [0.717, 1.165) is 6.08 Å². The van der Waals surface area contributed by atoms with Crippen LogP contribution in [-0.2, 0) is 4.79 Å². The van der Waals surface area contributed by atoms with Gasteiger partial charge in [0.1, 0.15) is 0 Å². The Kier molecular flexibility index (Phi) is 5.52. The third kappa shape index (κ3) is 4.06. The molecular formula is C10H12O4Se. The minimum atomic E-state index is -1.02. The van der Waals surface area contributed by atoms with Gasteiger partial charge in [-0.15, -0.1) is 0 Å². The van der Waals surface area contributed by atoms with E-state index in [9.17, 15) is 9.90 Å². The van der Waals surface area contributed by atoms with Crippen LogP contribution in [0, 0.1) is 0 Å². The van der Waals surface area contributed by atoms with E-state index in [0.29, 0.717) is 11.3 Å². The summed E-state index contributed by atoms with van der Waals surface area (Å²) in [4.78, 5) is 10.2. The Balaban J connectivity index is 0.00000196. The first-order valence-corrected chi connectivity index (χ1v) is 3.91. The van der Waals surface area contributed by atoms with Crippen molar-refractivity contribution in [2.45, 2.75) is 0 Å². The molecule has 0 saturated heterocycles. The number of benzene rings is 1. The summed E-state index contributed by atoms with van der Waals surface area (Å²) in [7, 11) is 1.43. The van der Waals surface area contributed by atoms with Gasteiger partial charge in [0.2, 0.25) is 0 Å². The average molecular weight is 275 g/mol. The van der Waals surface area contributed by atoms with Crippen molar-refractivity contribution in [2.24, 2.45) is 0 Å². The van der Waals surface area contributed by atoms with Crippen molar-refractivity contribution in [1.82, 2.24) is 0 Å². The predicted molar refractivity (Wildman–Crippen MR) is 59.9 cm³/mol. The first-order valence-electron chi connectivity index (χ1n) is 3.91. The third-order valence-electron chi connectivity index (χ3n) is 1.62. The predicted octanol–water partition coefficient (Wildman–Crippen LogP) is 0.582. The van der Waals surface area contributed by atoms with Crippen LogP contribution in [0.15, 0.2) is 24.3 Å². The van der Waals surface area contributed by atoms with Gasteiger partial charge in [0.05, 0.1) is 7.11 Å². The van der Waals surface area contributed by atoms with E-state index in [4.69, 9.17) is 9.84 Å². The molecule has 0 saturated carbocycles. The summed E-state index contributed by atoms with van der Waals surface area (Å²) in [6, 6.07) is 4.59. The number of phenolic OH excluding ortho intramolecular Hbond substituents is 1. The second-order valence-corrected chi connectivity index (χ2v) is 2.60. The second-order valence-electron chi connectivity index (χ2n) is 2.60. The number of carbonyl (C=O) groups is 1. The topological polar surface area (TPSA) is 66.8 Å². The van der Waals surface area contributed by atoms with E-state index < -0.39 is 5.97 Å². The molecule has 0 bridgehead atoms. The van der Waals surface area contributed by atoms with Crippen molar-refractivity contribution < 1.29 is 19.7 Å². The van der Waals surface area contributed by atoms with Crippen molar-refractivity contribution in [3.8, 4) is 11.5 Å². The molecule has 15 heavy (non-hydrogen) atoms. The van der Waals surface area contributed by atoms with Crippen LogP contribution in [0.25, 0.3) is 6.08 Å². The summed E-state index contributed by atoms with van der Waals surface area (Å²) < 4.78 is 4.86. The van der Waals surface area contributed by atoms with Crippen molar-refractivity contribution in [3.05, 3.63) is 29.8 Å². The zero-order chi connectivity index (χ0) is 10.6. The number of aromatic hydroxyl groups is 1. The summed E-state index contributed by atoms with van der Waals surface area (Å²) in [6.07, 6.45) is 2.44. The number of phenols is 1. The Hall–Kier alpha value is -1.45. The van der Waals surface area contributed by atoms with Crippen LogP contribution in [-0.4, -0.2) is 40.4 Å².